The average Bonchev–Trinajstić information content (AvgIpc) is 3.13. The number of nitrogens with one attached hydrogen (secondary N) is 1. The van der Waals surface area contributed by atoms with E-state index < -0.39 is 0 Å². The van der Waals surface area contributed by atoms with Crippen LogP contribution in [0.3, 0.4) is 0 Å². The molecular formula is C14H22N2O2. The molecule has 4 heteroatoms. The molecule has 100 valence electrons. The number of carbonyl (C=O) groups is 2. The Bertz CT molecular complexity index is 328. The van der Waals surface area contributed by atoms with Gasteiger partial charge in [0.25, 0.3) is 0 Å². The van der Waals surface area contributed by atoms with Crippen LogP contribution in [0.5, 0.6) is 0 Å². The van der Waals surface area contributed by atoms with Crippen molar-refractivity contribution < 1.29 is 9.59 Å². The molecule has 1 N–H and O–H groups in total. The van der Waals surface area contributed by atoms with Gasteiger partial charge >= 0.3 is 0 Å². The van der Waals surface area contributed by atoms with Crippen LogP contribution < -0.4 is 5.32 Å². The molecule has 18 heavy (non-hydrogen) atoms. The van der Waals surface area contributed by atoms with Crippen LogP contribution >= 0.6 is 0 Å². The van der Waals surface area contributed by atoms with E-state index in [-0.39, 0.29) is 23.7 Å². The van der Waals surface area contributed by atoms with Gasteiger partial charge in [-0.15, -0.1) is 0 Å². The first kappa shape index (κ1) is 12.2. The summed E-state index contributed by atoms with van der Waals surface area (Å²) in [6, 6.07) is 0.592. The monoisotopic (exact) mass is 250 g/mol. The van der Waals surface area contributed by atoms with Crippen molar-refractivity contribution in [2.75, 3.05) is 13.1 Å². The van der Waals surface area contributed by atoms with Crippen LogP contribution in [0.2, 0.25) is 0 Å². The van der Waals surface area contributed by atoms with Crippen molar-refractivity contribution in [3.8, 4) is 0 Å². The Labute approximate surface area is 108 Å². The molecule has 3 aliphatic rings. The summed E-state index contributed by atoms with van der Waals surface area (Å²) in [5.41, 5.74) is 0. The number of hydrogen-bond donors (Lipinski definition) is 1. The highest BCUT2D eigenvalue weighted by Crippen LogP contribution is 2.46. The maximum absolute atomic E-state index is 11.8. The van der Waals surface area contributed by atoms with E-state index in [2.05, 4.69) is 5.32 Å². The van der Waals surface area contributed by atoms with Gasteiger partial charge in [0.2, 0.25) is 11.8 Å². The van der Waals surface area contributed by atoms with Crippen molar-refractivity contribution in [3.05, 3.63) is 0 Å². The molecule has 2 atom stereocenters. The molecule has 0 spiro atoms. The maximum Gasteiger partial charge on any atom is 0.233 e. The summed E-state index contributed by atoms with van der Waals surface area (Å²) in [5.74, 6) is 0.256. The summed E-state index contributed by atoms with van der Waals surface area (Å²) in [4.78, 5) is 25.0. The fraction of sp³-hybridized carbons (Fsp3) is 0.857. The zero-order valence-corrected chi connectivity index (χ0v) is 10.9. The van der Waals surface area contributed by atoms with Gasteiger partial charge in [-0.2, -0.15) is 0 Å². The summed E-state index contributed by atoms with van der Waals surface area (Å²) < 4.78 is 0. The molecule has 0 radical (unpaired) electrons. The van der Waals surface area contributed by atoms with Gasteiger partial charge in [0, 0.05) is 19.1 Å². The molecule has 3 fully saturated rings. The van der Waals surface area contributed by atoms with E-state index in [1.165, 1.54) is 43.4 Å². The van der Waals surface area contributed by atoms with Gasteiger partial charge in [0.1, 0.15) is 0 Å². The van der Waals surface area contributed by atoms with E-state index >= 15 is 0 Å². The largest absolute Gasteiger partial charge is 0.312 e. The number of nitrogens with zero attached hydrogens (tertiary/aromatic N) is 1. The van der Waals surface area contributed by atoms with Crippen LogP contribution in [0, 0.1) is 11.8 Å². The van der Waals surface area contributed by atoms with Crippen molar-refractivity contribution in [2.24, 2.45) is 11.8 Å². The SMILES string of the molecule is O=C1C2CC2C(=O)N1CCNC1CCCCCC1. The van der Waals surface area contributed by atoms with Crippen LogP contribution in [0.25, 0.3) is 0 Å². The lowest BCUT2D eigenvalue weighted by Crippen LogP contribution is -2.41. The van der Waals surface area contributed by atoms with Crippen LogP contribution in [-0.2, 0) is 9.59 Å². The third kappa shape index (κ3) is 2.30. The van der Waals surface area contributed by atoms with E-state index in [4.69, 9.17) is 0 Å². The van der Waals surface area contributed by atoms with E-state index in [0.29, 0.717) is 12.6 Å². The first-order valence-electron chi connectivity index (χ1n) is 7.36. The Kier molecular flexibility index (Phi) is 3.37. The summed E-state index contributed by atoms with van der Waals surface area (Å²) in [6.45, 7) is 1.34. The van der Waals surface area contributed by atoms with E-state index in [9.17, 15) is 9.59 Å². The quantitative estimate of drug-likeness (QED) is 0.604. The second kappa shape index (κ2) is 5.00. The number of likely N-dealkylation sites (tertiary alicyclic amines) is 1. The summed E-state index contributed by atoms with van der Waals surface area (Å²) in [6.07, 6.45) is 8.62. The number of rotatable bonds is 4. The summed E-state index contributed by atoms with van der Waals surface area (Å²) in [7, 11) is 0. The van der Waals surface area contributed by atoms with Crippen LogP contribution in [0.4, 0.5) is 0 Å². The smallest absolute Gasteiger partial charge is 0.233 e. The Morgan fingerprint density at radius 3 is 2.22 bits per heavy atom. The van der Waals surface area contributed by atoms with E-state index in [1.54, 1.807) is 0 Å². The number of imide groups is 1. The molecular weight excluding hydrogens is 228 g/mol. The highest BCUT2D eigenvalue weighted by atomic mass is 16.2. The van der Waals surface area contributed by atoms with Crippen LogP contribution in [0.1, 0.15) is 44.9 Å². The summed E-state index contributed by atoms with van der Waals surface area (Å²) >= 11 is 0. The van der Waals surface area contributed by atoms with Gasteiger partial charge in [-0.1, -0.05) is 25.7 Å². The minimum atomic E-state index is 0.0513. The molecule has 0 aromatic heterocycles. The number of hydrogen-bond acceptors (Lipinski definition) is 3. The molecule has 2 saturated carbocycles. The van der Waals surface area contributed by atoms with Crippen molar-refractivity contribution in [3.63, 3.8) is 0 Å². The Morgan fingerprint density at radius 2 is 1.61 bits per heavy atom. The lowest BCUT2D eigenvalue weighted by molar-refractivity contribution is -0.141. The van der Waals surface area contributed by atoms with Crippen molar-refractivity contribution in [2.45, 2.75) is 51.0 Å². The second-order valence-electron chi connectivity index (χ2n) is 5.92. The Hall–Kier alpha value is -0.900. The van der Waals surface area contributed by atoms with Crippen molar-refractivity contribution in [1.29, 1.82) is 0 Å². The first-order valence-corrected chi connectivity index (χ1v) is 7.36. The van der Waals surface area contributed by atoms with E-state index in [0.717, 1.165) is 13.0 Å². The number of piperidine rings is 1. The van der Waals surface area contributed by atoms with Gasteiger partial charge in [0.05, 0.1) is 11.8 Å². The zero-order chi connectivity index (χ0) is 12.5. The number of carbonyl (C=O) groups excluding carboxylic acids is 2. The lowest BCUT2D eigenvalue weighted by atomic mass is 10.1. The fourth-order valence-electron chi connectivity index (χ4n) is 3.33. The maximum atomic E-state index is 11.8. The topological polar surface area (TPSA) is 49.4 Å². The third-order valence-corrected chi connectivity index (χ3v) is 4.58. The van der Waals surface area contributed by atoms with Gasteiger partial charge in [-0.05, 0) is 19.3 Å². The Morgan fingerprint density at radius 1 is 1.00 bits per heavy atom. The molecule has 2 unspecified atom stereocenters. The zero-order valence-electron chi connectivity index (χ0n) is 10.9. The minimum absolute atomic E-state index is 0.0513. The molecule has 4 nitrogen and oxygen atoms in total. The highest BCUT2D eigenvalue weighted by molar-refractivity contribution is 6.08. The first-order chi connectivity index (χ1) is 8.77. The average molecular weight is 250 g/mol. The predicted molar refractivity (Wildman–Crippen MR) is 67.8 cm³/mol. The summed E-state index contributed by atoms with van der Waals surface area (Å²) in [5, 5.41) is 3.51. The predicted octanol–water partition coefficient (Wildman–Crippen LogP) is 1.30. The van der Waals surface area contributed by atoms with Crippen molar-refractivity contribution in [1.82, 2.24) is 10.2 Å². The van der Waals surface area contributed by atoms with Gasteiger partial charge in [-0.3, -0.25) is 14.5 Å². The molecule has 3 rings (SSSR count). The van der Waals surface area contributed by atoms with Crippen LogP contribution in [0.15, 0.2) is 0 Å². The van der Waals surface area contributed by atoms with Gasteiger partial charge in [0.15, 0.2) is 0 Å². The van der Waals surface area contributed by atoms with Gasteiger partial charge in [-0.25, -0.2) is 0 Å². The normalized spacial score (nSPS) is 32.6. The lowest BCUT2D eigenvalue weighted by Gasteiger charge is -2.20. The Balaban J connectivity index is 1.41. The van der Waals surface area contributed by atoms with Crippen LogP contribution in [-0.4, -0.2) is 35.8 Å². The van der Waals surface area contributed by atoms with Crippen molar-refractivity contribution >= 4 is 11.8 Å². The molecule has 2 aliphatic carbocycles. The van der Waals surface area contributed by atoms with Gasteiger partial charge < -0.3 is 5.32 Å². The van der Waals surface area contributed by atoms with E-state index in [1.807, 2.05) is 0 Å². The highest BCUT2D eigenvalue weighted by Gasteiger charge is 2.58. The molecule has 2 amide bonds. The standard InChI is InChI=1S/C14H22N2O2/c17-13-11-9-12(11)14(18)16(13)8-7-15-10-5-3-1-2-4-6-10/h10-12,15H,1-9H2. The number of amides is 2. The molecule has 1 aliphatic heterocycles. The second-order valence-corrected chi connectivity index (χ2v) is 5.92. The molecule has 1 saturated heterocycles. The number of fused-ring (bicyclic) bond motifs is 1. The third-order valence-electron chi connectivity index (χ3n) is 4.58. The minimum Gasteiger partial charge on any atom is -0.312 e. The molecule has 0 bridgehead atoms. The fourth-order valence-corrected chi connectivity index (χ4v) is 3.33. The molecule has 0 aromatic carbocycles. The molecule has 1 heterocycles. The molecule has 0 aromatic rings.